The molecule has 0 fully saturated rings. The minimum atomic E-state index is -0.126. The standard InChI is InChI=1S/C33H28N6/c1-21-18-19-26(22(2)20-21)34-31-33-36-32-29(23(3)37-39(32)25-14-8-5-9-15-25)30(24-12-6-4-7-13-24)38(33)28-17-11-10-16-27(28)35-31/h4-20,30H,1-3H3,(H,34,35)/t30-/m1/s1. The van der Waals surface area contributed by atoms with Gasteiger partial charge in [-0.1, -0.05) is 78.4 Å². The second kappa shape index (κ2) is 9.10. The predicted octanol–water partition coefficient (Wildman–Crippen LogP) is 7.59. The summed E-state index contributed by atoms with van der Waals surface area (Å²) in [4.78, 5) is 12.8. The Kier molecular flexibility index (Phi) is 5.40. The minimum Gasteiger partial charge on any atom is -0.335 e. The molecule has 6 heteroatoms. The maximum atomic E-state index is 5.31. The quantitative estimate of drug-likeness (QED) is 0.273. The number of fused-ring (bicyclic) bond motifs is 4. The lowest BCUT2D eigenvalue weighted by atomic mass is 9.93. The highest BCUT2D eigenvalue weighted by atomic mass is 15.4. The van der Waals surface area contributed by atoms with Crippen molar-refractivity contribution < 1.29 is 0 Å². The number of aryl methyl sites for hydroxylation is 3. The van der Waals surface area contributed by atoms with Gasteiger partial charge in [0.25, 0.3) is 0 Å². The molecule has 7 rings (SSSR count). The fourth-order valence-electron chi connectivity index (χ4n) is 5.58. The van der Waals surface area contributed by atoms with Crippen LogP contribution in [0.4, 0.5) is 22.9 Å². The van der Waals surface area contributed by atoms with Crippen LogP contribution in [0.2, 0.25) is 0 Å². The summed E-state index contributed by atoms with van der Waals surface area (Å²) in [6, 6.07) is 35.4. The van der Waals surface area contributed by atoms with E-state index < -0.39 is 0 Å². The fourth-order valence-corrected chi connectivity index (χ4v) is 5.58. The summed E-state index contributed by atoms with van der Waals surface area (Å²) in [5.41, 5.74) is 9.50. The van der Waals surface area contributed by atoms with Crippen molar-refractivity contribution in [2.75, 3.05) is 10.2 Å². The first-order valence-corrected chi connectivity index (χ1v) is 13.2. The summed E-state index contributed by atoms with van der Waals surface area (Å²) in [5.74, 6) is 2.31. The zero-order valence-corrected chi connectivity index (χ0v) is 22.1. The van der Waals surface area contributed by atoms with Crippen LogP contribution in [0.15, 0.2) is 113 Å². The molecule has 1 N–H and O–H groups in total. The summed E-state index contributed by atoms with van der Waals surface area (Å²) < 4.78 is 1.96. The number of para-hydroxylation sites is 3. The Morgan fingerprint density at radius 2 is 1.51 bits per heavy atom. The number of hydrogen-bond donors (Lipinski definition) is 1. The number of aliphatic imine (C=N–C) groups is 2. The number of amidine groups is 2. The van der Waals surface area contributed by atoms with Crippen molar-refractivity contribution in [2.45, 2.75) is 26.8 Å². The predicted molar refractivity (Wildman–Crippen MR) is 159 cm³/mol. The molecule has 0 unspecified atom stereocenters. The van der Waals surface area contributed by atoms with Crippen LogP contribution < -0.4 is 10.2 Å². The molecule has 4 aromatic carbocycles. The monoisotopic (exact) mass is 508 g/mol. The molecular formula is C33H28N6. The normalized spacial score (nSPS) is 16.7. The highest BCUT2D eigenvalue weighted by molar-refractivity contribution is 6.52. The number of nitrogens with one attached hydrogen (secondary N) is 1. The lowest BCUT2D eigenvalue weighted by Gasteiger charge is -2.41. The van der Waals surface area contributed by atoms with E-state index in [0.29, 0.717) is 5.84 Å². The Labute approximate surface area is 228 Å². The van der Waals surface area contributed by atoms with E-state index in [4.69, 9.17) is 15.1 Å². The average Bonchev–Trinajstić information content (AvgIpc) is 3.30. The maximum Gasteiger partial charge on any atom is 0.179 e. The molecule has 0 saturated carbocycles. The van der Waals surface area contributed by atoms with Crippen molar-refractivity contribution in [3.63, 3.8) is 0 Å². The van der Waals surface area contributed by atoms with Gasteiger partial charge >= 0.3 is 0 Å². The summed E-state index contributed by atoms with van der Waals surface area (Å²) in [6.07, 6.45) is 0. The van der Waals surface area contributed by atoms with Gasteiger partial charge in [0.2, 0.25) is 0 Å². The topological polar surface area (TPSA) is 57.8 Å². The molecule has 0 aliphatic carbocycles. The molecule has 1 aromatic heterocycles. The van der Waals surface area contributed by atoms with E-state index in [2.05, 4.69) is 110 Å². The van der Waals surface area contributed by atoms with Crippen LogP contribution in [-0.4, -0.2) is 21.5 Å². The van der Waals surface area contributed by atoms with Crippen molar-refractivity contribution in [3.05, 3.63) is 131 Å². The molecular weight excluding hydrogens is 480 g/mol. The lowest BCUT2D eigenvalue weighted by molar-refractivity contribution is 0.816. The van der Waals surface area contributed by atoms with Gasteiger partial charge in [-0.15, -0.1) is 0 Å². The molecule has 2 aliphatic rings. The second-order valence-electron chi connectivity index (χ2n) is 10.1. The van der Waals surface area contributed by atoms with Gasteiger partial charge in [0.05, 0.1) is 34.5 Å². The molecule has 3 heterocycles. The van der Waals surface area contributed by atoms with Crippen molar-refractivity contribution in [3.8, 4) is 5.69 Å². The van der Waals surface area contributed by atoms with E-state index >= 15 is 0 Å². The van der Waals surface area contributed by atoms with Crippen LogP contribution in [0.25, 0.3) is 5.69 Å². The van der Waals surface area contributed by atoms with Gasteiger partial charge in [-0.2, -0.15) is 5.10 Å². The first-order valence-electron chi connectivity index (χ1n) is 13.2. The first kappa shape index (κ1) is 23.2. The van der Waals surface area contributed by atoms with E-state index in [-0.39, 0.29) is 6.04 Å². The Morgan fingerprint density at radius 3 is 2.28 bits per heavy atom. The molecule has 39 heavy (non-hydrogen) atoms. The largest absolute Gasteiger partial charge is 0.335 e. The Morgan fingerprint density at radius 1 is 0.795 bits per heavy atom. The maximum absolute atomic E-state index is 5.31. The van der Waals surface area contributed by atoms with Crippen molar-refractivity contribution in [1.29, 1.82) is 0 Å². The summed E-state index contributed by atoms with van der Waals surface area (Å²) in [5, 5.41) is 8.61. The number of hydrogen-bond acceptors (Lipinski definition) is 4. The second-order valence-corrected chi connectivity index (χ2v) is 10.1. The molecule has 2 aliphatic heterocycles. The van der Waals surface area contributed by atoms with Crippen molar-refractivity contribution >= 4 is 34.6 Å². The fraction of sp³-hybridized carbons (Fsp3) is 0.121. The summed E-state index contributed by atoms with van der Waals surface area (Å²) in [6.45, 7) is 6.28. The smallest absolute Gasteiger partial charge is 0.179 e. The van der Waals surface area contributed by atoms with Gasteiger partial charge in [0.15, 0.2) is 17.5 Å². The number of anilines is 2. The van der Waals surface area contributed by atoms with Crippen LogP contribution in [0.5, 0.6) is 0 Å². The zero-order valence-electron chi connectivity index (χ0n) is 22.1. The van der Waals surface area contributed by atoms with Crippen molar-refractivity contribution in [1.82, 2.24) is 9.78 Å². The number of rotatable bonds is 3. The molecule has 0 spiro atoms. The van der Waals surface area contributed by atoms with E-state index in [1.54, 1.807) is 0 Å². The van der Waals surface area contributed by atoms with Crippen molar-refractivity contribution in [2.24, 2.45) is 9.98 Å². The molecule has 6 nitrogen and oxygen atoms in total. The van der Waals surface area contributed by atoms with Gasteiger partial charge < -0.3 is 10.2 Å². The zero-order chi connectivity index (χ0) is 26.5. The van der Waals surface area contributed by atoms with Crippen LogP contribution >= 0.6 is 0 Å². The van der Waals surface area contributed by atoms with E-state index in [1.165, 1.54) is 11.1 Å². The molecule has 0 saturated heterocycles. The molecule has 5 aromatic rings. The summed E-state index contributed by atoms with van der Waals surface area (Å²) >= 11 is 0. The van der Waals surface area contributed by atoms with Gasteiger partial charge in [-0.3, -0.25) is 0 Å². The summed E-state index contributed by atoms with van der Waals surface area (Å²) in [7, 11) is 0. The highest BCUT2D eigenvalue weighted by Crippen LogP contribution is 2.47. The Bertz CT molecular complexity index is 1770. The van der Waals surface area contributed by atoms with E-state index in [0.717, 1.165) is 51.2 Å². The third kappa shape index (κ3) is 3.84. The molecule has 0 radical (unpaired) electrons. The minimum absolute atomic E-state index is 0.126. The molecule has 190 valence electrons. The van der Waals surface area contributed by atoms with E-state index in [9.17, 15) is 0 Å². The van der Waals surface area contributed by atoms with Crippen LogP contribution in [-0.2, 0) is 0 Å². The van der Waals surface area contributed by atoms with Gasteiger partial charge in [0.1, 0.15) is 0 Å². The molecule has 0 amide bonds. The SMILES string of the molecule is Cc1ccc(N=C2Nc3ccccc3N3C2=Nc2c(c(C)nn2-c2ccccc2)[C@H]3c2ccccc2)c(C)c1. The number of benzene rings is 4. The molecule has 1 atom stereocenters. The van der Waals surface area contributed by atoms with Crippen LogP contribution in [0, 0.1) is 20.8 Å². The number of aromatic nitrogens is 2. The Hall–Kier alpha value is -4.97. The van der Waals surface area contributed by atoms with Gasteiger partial charge in [-0.05, 0) is 62.2 Å². The van der Waals surface area contributed by atoms with E-state index in [1.807, 2.05) is 28.9 Å². The van der Waals surface area contributed by atoms with Crippen LogP contribution in [0.3, 0.4) is 0 Å². The Balaban J connectivity index is 1.53. The lowest BCUT2D eigenvalue weighted by Crippen LogP contribution is -2.48. The molecule has 0 bridgehead atoms. The average molecular weight is 509 g/mol. The van der Waals surface area contributed by atoms with Gasteiger partial charge in [-0.25, -0.2) is 14.7 Å². The highest BCUT2D eigenvalue weighted by Gasteiger charge is 2.41. The third-order valence-electron chi connectivity index (χ3n) is 7.38. The van der Waals surface area contributed by atoms with Crippen LogP contribution in [0.1, 0.15) is 34.0 Å². The first-order chi connectivity index (χ1) is 19.1. The number of nitrogens with zero attached hydrogens (tertiary/aromatic N) is 5. The van der Waals surface area contributed by atoms with Gasteiger partial charge in [0, 0.05) is 5.56 Å². The third-order valence-corrected chi connectivity index (χ3v) is 7.38.